The van der Waals surface area contributed by atoms with Crippen LogP contribution in [0, 0.1) is 5.92 Å². The summed E-state index contributed by atoms with van der Waals surface area (Å²) in [5.41, 5.74) is 0. The predicted molar refractivity (Wildman–Crippen MR) is 61.8 cm³/mol. The highest BCUT2D eigenvalue weighted by atomic mass is 16.4. The molecular formula is C12H17NO4. The van der Waals surface area contributed by atoms with Gasteiger partial charge in [0.2, 0.25) is 0 Å². The van der Waals surface area contributed by atoms with Crippen molar-refractivity contribution in [2.45, 2.75) is 33.2 Å². The monoisotopic (exact) mass is 239 g/mol. The third kappa shape index (κ3) is 3.34. The zero-order valence-electron chi connectivity index (χ0n) is 10.2. The number of carbonyl (C=O) groups excluding carboxylic acids is 1. The molecule has 0 fully saturated rings. The molecule has 0 aromatic carbocycles. The number of hydrogen-bond acceptors (Lipinski definition) is 3. The van der Waals surface area contributed by atoms with Gasteiger partial charge in [0.1, 0.15) is 11.8 Å². The maximum atomic E-state index is 11.7. The molecule has 0 aliphatic heterocycles. The number of nitrogens with one attached hydrogen (secondary N) is 1. The van der Waals surface area contributed by atoms with Gasteiger partial charge in [-0.2, -0.15) is 0 Å². The number of amides is 1. The van der Waals surface area contributed by atoms with E-state index in [1.165, 1.54) is 0 Å². The van der Waals surface area contributed by atoms with E-state index < -0.39 is 17.9 Å². The van der Waals surface area contributed by atoms with Gasteiger partial charge in [0.15, 0.2) is 5.76 Å². The van der Waals surface area contributed by atoms with Crippen molar-refractivity contribution in [1.29, 1.82) is 0 Å². The fourth-order valence-corrected chi connectivity index (χ4v) is 1.42. The van der Waals surface area contributed by atoms with Crippen LogP contribution in [0.2, 0.25) is 0 Å². The van der Waals surface area contributed by atoms with Crippen LogP contribution in [0.5, 0.6) is 0 Å². The Bertz CT molecular complexity index is 408. The molecule has 0 aliphatic carbocycles. The number of rotatable bonds is 5. The van der Waals surface area contributed by atoms with E-state index in [0.717, 1.165) is 0 Å². The van der Waals surface area contributed by atoms with E-state index in [2.05, 4.69) is 5.32 Å². The number of hydrogen-bond donors (Lipinski definition) is 2. The van der Waals surface area contributed by atoms with Crippen LogP contribution in [0.4, 0.5) is 0 Å². The summed E-state index contributed by atoms with van der Waals surface area (Å²) in [7, 11) is 0. The average molecular weight is 239 g/mol. The first kappa shape index (κ1) is 13.3. The summed E-state index contributed by atoms with van der Waals surface area (Å²) >= 11 is 0. The molecule has 2 N–H and O–H groups in total. The van der Waals surface area contributed by atoms with Crippen molar-refractivity contribution in [2.75, 3.05) is 0 Å². The van der Waals surface area contributed by atoms with E-state index in [0.29, 0.717) is 12.2 Å². The van der Waals surface area contributed by atoms with Crippen LogP contribution >= 0.6 is 0 Å². The second-order valence-corrected chi connectivity index (χ2v) is 4.15. The van der Waals surface area contributed by atoms with Crippen LogP contribution in [0.1, 0.15) is 37.1 Å². The van der Waals surface area contributed by atoms with Gasteiger partial charge in [-0.1, -0.05) is 20.8 Å². The molecule has 94 valence electrons. The van der Waals surface area contributed by atoms with Gasteiger partial charge >= 0.3 is 5.97 Å². The molecule has 5 nitrogen and oxygen atoms in total. The Balaban J connectivity index is 2.73. The Labute approximate surface area is 99.8 Å². The van der Waals surface area contributed by atoms with E-state index in [-0.39, 0.29) is 11.7 Å². The van der Waals surface area contributed by atoms with Crippen LogP contribution in [0.25, 0.3) is 0 Å². The van der Waals surface area contributed by atoms with E-state index >= 15 is 0 Å². The highest BCUT2D eigenvalue weighted by Crippen LogP contribution is 2.10. The Kier molecular flexibility index (Phi) is 4.31. The van der Waals surface area contributed by atoms with Crippen molar-refractivity contribution in [3.63, 3.8) is 0 Å². The van der Waals surface area contributed by atoms with Crippen LogP contribution in [-0.4, -0.2) is 23.0 Å². The SMILES string of the molecule is CCc1ccc(C(=O)N[C@@H](C(=O)O)C(C)C)o1. The first-order chi connectivity index (χ1) is 7.95. The van der Waals surface area contributed by atoms with Gasteiger partial charge in [-0.3, -0.25) is 4.79 Å². The normalized spacial score (nSPS) is 12.5. The van der Waals surface area contributed by atoms with Gasteiger partial charge in [-0.25, -0.2) is 4.79 Å². The third-order valence-electron chi connectivity index (χ3n) is 2.45. The fraction of sp³-hybridized carbons (Fsp3) is 0.500. The topological polar surface area (TPSA) is 79.5 Å². The smallest absolute Gasteiger partial charge is 0.326 e. The van der Waals surface area contributed by atoms with Crippen molar-refractivity contribution >= 4 is 11.9 Å². The minimum atomic E-state index is -1.05. The fourth-order valence-electron chi connectivity index (χ4n) is 1.42. The molecule has 1 heterocycles. The zero-order valence-corrected chi connectivity index (χ0v) is 10.2. The molecule has 1 aromatic rings. The molecule has 0 aliphatic rings. The standard InChI is InChI=1S/C12H17NO4/c1-4-8-5-6-9(17-8)11(14)13-10(7(2)3)12(15)16/h5-7,10H,4H2,1-3H3,(H,13,14)(H,15,16)/t10-/m1/s1. The van der Waals surface area contributed by atoms with Crippen LogP contribution in [-0.2, 0) is 11.2 Å². The van der Waals surface area contributed by atoms with Gasteiger partial charge in [0, 0.05) is 6.42 Å². The maximum Gasteiger partial charge on any atom is 0.326 e. The summed E-state index contributed by atoms with van der Waals surface area (Å²) in [4.78, 5) is 22.6. The Hall–Kier alpha value is -1.78. The molecule has 1 rings (SSSR count). The second-order valence-electron chi connectivity index (χ2n) is 4.15. The molecule has 1 aromatic heterocycles. The van der Waals surface area contributed by atoms with E-state index in [4.69, 9.17) is 9.52 Å². The predicted octanol–water partition coefficient (Wildman–Crippen LogP) is 1.68. The lowest BCUT2D eigenvalue weighted by Gasteiger charge is -2.16. The summed E-state index contributed by atoms with van der Waals surface area (Å²) in [6.07, 6.45) is 0.694. The highest BCUT2D eigenvalue weighted by Gasteiger charge is 2.25. The third-order valence-corrected chi connectivity index (χ3v) is 2.45. The van der Waals surface area contributed by atoms with Crippen molar-refractivity contribution in [3.8, 4) is 0 Å². The van der Waals surface area contributed by atoms with Crippen molar-refractivity contribution in [1.82, 2.24) is 5.32 Å². The number of carboxylic acid groups (broad SMARTS) is 1. The molecule has 1 atom stereocenters. The minimum Gasteiger partial charge on any atom is -0.480 e. The van der Waals surface area contributed by atoms with Gasteiger partial charge in [0.05, 0.1) is 0 Å². The lowest BCUT2D eigenvalue weighted by Crippen LogP contribution is -2.44. The Morgan fingerprint density at radius 1 is 1.41 bits per heavy atom. The van der Waals surface area contributed by atoms with Gasteiger partial charge in [-0.15, -0.1) is 0 Å². The molecular weight excluding hydrogens is 222 g/mol. The second kappa shape index (κ2) is 5.52. The average Bonchev–Trinajstić information content (AvgIpc) is 2.73. The van der Waals surface area contributed by atoms with E-state index in [1.807, 2.05) is 6.92 Å². The maximum absolute atomic E-state index is 11.7. The number of aliphatic carboxylic acids is 1. The van der Waals surface area contributed by atoms with Crippen molar-refractivity contribution < 1.29 is 19.1 Å². The molecule has 0 radical (unpaired) electrons. The number of aryl methyl sites for hydroxylation is 1. The summed E-state index contributed by atoms with van der Waals surface area (Å²) in [6.45, 7) is 5.38. The summed E-state index contributed by atoms with van der Waals surface area (Å²) in [5, 5.41) is 11.4. The molecule has 0 bridgehead atoms. The van der Waals surface area contributed by atoms with Crippen molar-refractivity contribution in [3.05, 3.63) is 23.7 Å². The van der Waals surface area contributed by atoms with E-state index in [9.17, 15) is 9.59 Å². The van der Waals surface area contributed by atoms with Gasteiger partial charge in [0.25, 0.3) is 5.91 Å². The molecule has 0 unspecified atom stereocenters. The molecule has 1 amide bonds. The molecule has 5 heteroatoms. The van der Waals surface area contributed by atoms with Crippen LogP contribution in [0.3, 0.4) is 0 Å². The Morgan fingerprint density at radius 3 is 2.47 bits per heavy atom. The van der Waals surface area contributed by atoms with Crippen LogP contribution in [0.15, 0.2) is 16.5 Å². The summed E-state index contributed by atoms with van der Waals surface area (Å²) < 4.78 is 5.25. The van der Waals surface area contributed by atoms with Gasteiger partial charge < -0.3 is 14.8 Å². The van der Waals surface area contributed by atoms with Crippen LogP contribution < -0.4 is 5.32 Å². The molecule has 0 saturated carbocycles. The molecule has 17 heavy (non-hydrogen) atoms. The molecule has 0 saturated heterocycles. The number of furan rings is 1. The quantitative estimate of drug-likeness (QED) is 0.819. The molecule has 0 spiro atoms. The lowest BCUT2D eigenvalue weighted by atomic mass is 10.0. The van der Waals surface area contributed by atoms with Crippen molar-refractivity contribution in [2.24, 2.45) is 5.92 Å². The lowest BCUT2D eigenvalue weighted by molar-refractivity contribution is -0.140. The number of carbonyl (C=O) groups is 2. The van der Waals surface area contributed by atoms with E-state index in [1.54, 1.807) is 26.0 Å². The first-order valence-electron chi connectivity index (χ1n) is 5.58. The summed E-state index contributed by atoms with van der Waals surface area (Å²) in [6, 6.07) is 2.35. The first-order valence-corrected chi connectivity index (χ1v) is 5.58. The minimum absolute atomic E-state index is 0.147. The Morgan fingerprint density at radius 2 is 2.06 bits per heavy atom. The zero-order chi connectivity index (χ0) is 13.0. The largest absolute Gasteiger partial charge is 0.480 e. The van der Waals surface area contributed by atoms with Gasteiger partial charge in [-0.05, 0) is 18.1 Å². The highest BCUT2D eigenvalue weighted by molar-refractivity contribution is 5.94. The summed E-state index contributed by atoms with van der Waals surface area (Å²) in [5.74, 6) is -0.876. The number of carboxylic acids is 1.